The zero-order chi connectivity index (χ0) is 14.3. The predicted octanol–water partition coefficient (Wildman–Crippen LogP) is 3.60. The van der Waals surface area contributed by atoms with Crippen molar-refractivity contribution in [2.45, 2.75) is 84.2 Å². The Kier molecular flexibility index (Phi) is 6.49. The Labute approximate surface area is 116 Å². The van der Waals surface area contributed by atoms with Gasteiger partial charge in [0.2, 0.25) is 0 Å². The van der Waals surface area contributed by atoms with Gasteiger partial charge in [-0.15, -0.1) is 0 Å². The Morgan fingerprint density at radius 1 is 1.00 bits per heavy atom. The van der Waals surface area contributed by atoms with Crippen molar-refractivity contribution >= 4 is 11.8 Å². The first-order valence-corrected chi connectivity index (χ1v) is 7.57. The van der Waals surface area contributed by atoms with Gasteiger partial charge in [-0.3, -0.25) is 14.4 Å². The number of hydroxylamine groups is 2. The number of carbonyl (C=O) groups is 2. The lowest BCUT2D eigenvalue weighted by Gasteiger charge is -2.32. The van der Waals surface area contributed by atoms with E-state index in [1.165, 1.54) is 0 Å². The van der Waals surface area contributed by atoms with E-state index in [1.807, 2.05) is 6.92 Å². The van der Waals surface area contributed by atoms with Gasteiger partial charge in [-0.25, -0.2) is 0 Å². The highest BCUT2D eigenvalue weighted by atomic mass is 16.7. The highest BCUT2D eigenvalue weighted by Crippen LogP contribution is 2.29. The third kappa shape index (κ3) is 4.94. The van der Waals surface area contributed by atoms with Crippen LogP contribution < -0.4 is 0 Å². The van der Waals surface area contributed by atoms with Crippen molar-refractivity contribution in [3.8, 4) is 0 Å². The summed E-state index contributed by atoms with van der Waals surface area (Å²) in [7, 11) is 0. The Bertz CT molecular complexity index is 301. The molecule has 1 saturated heterocycles. The minimum Gasteiger partial charge on any atom is -0.272 e. The fourth-order valence-corrected chi connectivity index (χ4v) is 2.39. The van der Waals surface area contributed by atoms with Crippen LogP contribution in [0.5, 0.6) is 0 Å². The van der Waals surface area contributed by atoms with Crippen molar-refractivity contribution in [2.24, 2.45) is 0 Å². The number of unbranched alkanes of at least 4 members (excludes halogenated alkanes) is 3. The normalized spacial score (nSPS) is 19.0. The zero-order valence-corrected chi connectivity index (χ0v) is 12.5. The van der Waals surface area contributed by atoms with Crippen LogP contribution in [0.4, 0.5) is 0 Å². The number of amides is 2. The molecule has 4 nitrogen and oxygen atoms in total. The van der Waals surface area contributed by atoms with Crippen LogP contribution in [0, 0.1) is 0 Å². The van der Waals surface area contributed by atoms with Crippen molar-refractivity contribution in [3.63, 3.8) is 0 Å². The lowest BCUT2D eigenvalue weighted by atomic mass is 9.92. The Morgan fingerprint density at radius 2 is 1.53 bits per heavy atom. The molecule has 0 radical (unpaired) electrons. The van der Waals surface area contributed by atoms with E-state index in [0.717, 1.165) is 50.0 Å². The highest BCUT2D eigenvalue weighted by Gasteiger charge is 2.36. The van der Waals surface area contributed by atoms with Crippen LogP contribution in [0.15, 0.2) is 0 Å². The molecule has 1 atom stereocenters. The number of rotatable bonds is 9. The van der Waals surface area contributed by atoms with E-state index in [1.54, 1.807) is 0 Å². The van der Waals surface area contributed by atoms with Gasteiger partial charge in [0.15, 0.2) is 0 Å². The number of hydrogen-bond donors (Lipinski definition) is 0. The fourth-order valence-electron chi connectivity index (χ4n) is 2.39. The summed E-state index contributed by atoms with van der Waals surface area (Å²) in [4.78, 5) is 29.1. The molecule has 19 heavy (non-hydrogen) atoms. The molecule has 0 spiro atoms. The lowest BCUT2D eigenvalue weighted by molar-refractivity contribution is -0.230. The third-order valence-electron chi connectivity index (χ3n) is 3.69. The van der Waals surface area contributed by atoms with E-state index < -0.39 is 0 Å². The maximum atomic E-state index is 11.6. The van der Waals surface area contributed by atoms with Crippen LogP contribution in [-0.4, -0.2) is 22.5 Å². The molecule has 0 aliphatic carbocycles. The van der Waals surface area contributed by atoms with Crippen molar-refractivity contribution in [1.29, 1.82) is 0 Å². The topological polar surface area (TPSA) is 46.6 Å². The molecule has 1 heterocycles. The minimum absolute atomic E-state index is 0.191. The molecule has 4 heteroatoms. The minimum atomic E-state index is -0.388. The summed E-state index contributed by atoms with van der Waals surface area (Å²) in [6, 6.07) is 0. The van der Waals surface area contributed by atoms with Gasteiger partial charge in [-0.05, 0) is 19.8 Å². The van der Waals surface area contributed by atoms with E-state index in [2.05, 4.69) is 13.8 Å². The van der Waals surface area contributed by atoms with E-state index in [4.69, 9.17) is 4.84 Å². The summed E-state index contributed by atoms with van der Waals surface area (Å²) < 4.78 is 0. The number of hydrogen-bond acceptors (Lipinski definition) is 3. The fraction of sp³-hybridized carbons (Fsp3) is 0.867. The summed E-state index contributed by atoms with van der Waals surface area (Å²) in [5.74, 6) is -0.383. The molecule has 1 fully saturated rings. The van der Waals surface area contributed by atoms with E-state index in [0.29, 0.717) is 0 Å². The van der Waals surface area contributed by atoms with Gasteiger partial charge in [0.25, 0.3) is 11.8 Å². The second-order valence-electron chi connectivity index (χ2n) is 5.68. The molecule has 1 aliphatic heterocycles. The van der Waals surface area contributed by atoms with Crippen molar-refractivity contribution in [3.05, 3.63) is 0 Å². The second-order valence-corrected chi connectivity index (χ2v) is 5.68. The van der Waals surface area contributed by atoms with Gasteiger partial charge >= 0.3 is 0 Å². The van der Waals surface area contributed by atoms with Crippen LogP contribution in [-0.2, 0) is 14.4 Å². The van der Waals surface area contributed by atoms with Crippen LogP contribution in [0.1, 0.15) is 78.6 Å². The molecule has 0 bridgehead atoms. The van der Waals surface area contributed by atoms with E-state index >= 15 is 0 Å². The van der Waals surface area contributed by atoms with Gasteiger partial charge in [0.1, 0.15) is 0 Å². The quantitative estimate of drug-likeness (QED) is 0.474. The monoisotopic (exact) mass is 269 g/mol. The van der Waals surface area contributed by atoms with E-state index in [-0.39, 0.29) is 30.3 Å². The average Bonchev–Trinajstić information content (AvgIpc) is 2.69. The molecular weight excluding hydrogens is 242 g/mol. The molecule has 0 aromatic carbocycles. The summed E-state index contributed by atoms with van der Waals surface area (Å²) in [6.07, 6.45) is 7.91. The van der Waals surface area contributed by atoms with Gasteiger partial charge in [0.05, 0.1) is 5.60 Å². The average molecular weight is 269 g/mol. The molecule has 110 valence electrons. The third-order valence-corrected chi connectivity index (χ3v) is 3.69. The van der Waals surface area contributed by atoms with Gasteiger partial charge in [0, 0.05) is 12.8 Å². The highest BCUT2D eigenvalue weighted by molar-refractivity contribution is 6.00. The number of imide groups is 1. The summed E-state index contributed by atoms with van der Waals surface area (Å²) >= 11 is 0. The Morgan fingerprint density at radius 3 is 2.05 bits per heavy atom. The number of carbonyl (C=O) groups excluding carboxylic acids is 2. The Hall–Kier alpha value is -0.900. The molecular formula is C15H27NO3. The molecule has 1 aliphatic rings. The van der Waals surface area contributed by atoms with Gasteiger partial charge in [-0.1, -0.05) is 46.0 Å². The van der Waals surface area contributed by atoms with E-state index in [9.17, 15) is 9.59 Å². The summed E-state index contributed by atoms with van der Waals surface area (Å²) in [5.41, 5.74) is -0.388. The lowest BCUT2D eigenvalue weighted by Crippen LogP contribution is -2.41. The largest absolute Gasteiger partial charge is 0.272 e. The summed E-state index contributed by atoms with van der Waals surface area (Å²) in [5, 5.41) is 1.02. The van der Waals surface area contributed by atoms with Gasteiger partial charge < -0.3 is 0 Å². The molecule has 1 rings (SSSR count). The SMILES string of the molecule is CCCCC[C@](C)(CCCC)ON1C(=O)CCC1=O. The molecule has 0 N–H and O–H groups in total. The first-order chi connectivity index (χ1) is 9.02. The van der Waals surface area contributed by atoms with Crippen molar-refractivity contribution in [2.75, 3.05) is 0 Å². The molecule has 0 saturated carbocycles. The Balaban J connectivity index is 2.61. The predicted molar refractivity (Wildman–Crippen MR) is 74.2 cm³/mol. The van der Waals surface area contributed by atoms with Crippen LogP contribution in [0.3, 0.4) is 0 Å². The van der Waals surface area contributed by atoms with Crippen LogP contribution in [0.2, 0.25) is 0 Å². The maximum Gasteiger partial charge on any atom is 0.254 e. The van der Waals surface area contributed by atoms with Crippen molar-refractivity contribution < 1.29 is 14.4 Å². The molecule has 0 aromatic heterocycles. The first kappa shape index (κ1) is 16.2. The van der Waals surface area contributed by atoms with Crippen molar-refractivity contribution in [1.82, 2.24) is 5.06 Å². The van der Waals surface area contributed by atoms with Crippen LogP contribution >= 0.6 is 0 Å². The van der Waals surface area contributed by atoms with Gasteiger partial charge in [-0.2, -0.15) is 5.06 Å². The maximum absolute atomic E-state index is 11.6. The number of nitrogens with zero attached hydrogens (tertiary/aromatic N) is 1. The zero-order valence-electron chi connectivity index (χ0n) is 12.5. The molecule has 2 amide bonds. The first-order valence-electron chi connectivity index (χ1n) is 7.57. The second kappa shape index (κ2) is 7.63. The molecule has 0 unspecified atom stereocenters. The smallest absolute Gasteiger partial charge is 0.254 e. The molecule has 0 aromatic rings. The standard InChI is InChI=1S/C15H27NO3/c1-4-6-8-12-15(3,11-7-5-2)19-16-13(17)9-10-14(16)18/h4-12H2,1-3H3/t15-/m0/s1. The summed E-state index contributed by atoms with van der Waals surface area (Å²) in [6.45, 7) is 6.33. The van der Waals surface area contributed by atoms with Crippen LogP contribution in [0.25, 0.3) is 0 Å².